The van der Waals surface area contributed by atoms with Gasteiger partial charge < -0.3 is 5.73 Å². The molecular weight excluding hydrogens is 210 g/mol. The molecule has 0 aromatic rings. The Morgan fingerprint density at radius 3 is 1.92 bits per heavy atom. The molecule has 0 bridgehead atoms. The smallest absolute Gasteiger partial charge is 0.295 e. The summed E-state index contributed by atoms with van der Waals surface area (Å²) in [6, 6.07) is 0. The lowest BCUT2D eigenvalue weighted by molar-refractivity contribution is 0.270. The van der Waals surface area contributed by atoms with Gasteiger partial charge in [-0.25, -0.2) is 4.18 Å². The third kappa shape index (κ3) is 4.62. The van der Waals surface area contributed by atoms with Crippen molar-refractivity contribution in [3.63, 3.8) is 0 Å². The predicted molar refractivity (Wildman–Crippen MR) is 40.3 cm³/mol. The van der Waals surface area contributed by atoms with Crippen molar-refractivity contribution in [2.75, 3.05) is 12.8 Å². The molecule has 1 atom stereocenters. The lowest BCUT2D eigenvalue weighted by Gasteiger charge is -2.09. The summed E-state index contributed by atoms with van der Waals surface area (Å²) in [5.41, 5.74) is 2.91. The van der Waals surface area contributed by atoms with E-state index in [9.17, 15) is 16.8 Å². The van der Waals surface area contributed by atoms with Crippen molar-refractivity contribution in [1.29, 1.82) is 0 Å². The minimum absolute atomic E-state index is 0.633. The molecule has 0 spiro atoms. The van der Waals surface area contributed by atoms with Crippen LogP contribution in [0.4, 0.5) is 0 Å². The summed E-state index contributed by atoms with van der Waals surface area (Å²) >= 11 is 0. The maximum absolute atomic E-state index is 10.4. The van der Waals surface area contributed by atoms with E-state index in [2.05, 4.69) is 4.18 Å². The standard InChI is InChI=1S/C3H9NO6S2/c1-11(5,6)10-3(2-4)12(7,8)9/h3H,2,4H2,1H3,(H,7,8,9). The Bertz CT molecular complexity index is 328. The molecule has 7 nitrogen and oxygen atoms in total. The zero-order chi connectivity index (χ0) is 9.99. The monoisotopic (exact) mass is 219 g/mol. The fourth-order valence-corrected chi connectivity index (χ4v) is 1.94. The quantitative estimate of drug-likeness (QED) is 0.419. The molecular formula is C3H9NO6S2. The van der Waals surface area contributed by atoms with Gasteiger partial charge in [-0.2, -0.15) is 16.8 Å². The van der Waals surface area contributed by atoms with Gasteiger partial charge in [0.25, 0.3) is 20.2 Å². The fourth-order valence-electron chi connectivity index (χ4n) is 0.405. The largest absolute Gasteiger partial charge is 0.327 e. The van der Waals surface area contributed by atoms with Crippen LogP contribution in [-0.2, 0) is 24.4 Å². The minimum atomic E-state index is -4.57. The van der Waals surface area contributed by atoms with Crippen LogP contribution in [0.25, 0.3) is 0 Å². The molecule has 0 aromatic carbocycles. The fraction of sp³-hybridized carbons (Fsp3) is 1.00. The average Bonchev–Trinajstić information content (AvgIpc) is 1.78. The molecule has 1 unspecified atom stereocenters. The normalized spacial score (nSPS) is 15.9. The van der Waals surface area contributed by atoms with E-state index in [-0.39, 0.29) is 0 Å². The van der Waals surface area contributed by atoms with Gasteiger partial charge >= 0.3 is 0 Å². The highest BCUT2D eigenvalue weighted by molar-refractivity contribution is 7.89. The first-order chi connectivity index (χ1) is 5.17. The first-order valence-corrected chi connectivity index (χ1v) is 6.03. The van der Waals surface area contributed by atoms with Crippen molar-refractivity contribution < 1.29 is 25.6 Å². The van der Waals surface area contributed by atoms with Crippen LogP contribution >= 0.6 is 0 Å². The zero-order valence-corrected chi connectivity index (χ0v) is 7.80. The third-order valence-corrected chi connectivity index (χ3v) is 2.46. The third-order valence-electron chi connectivity index (χ3n) is 0.807. The summed E-state index contributed by atoms with van der Waals surface area (Å²) in [4.78, 5) is 0. The second kappa shape index (κ2) is 3.66. The number of nitrogens with two attached hydrogens (primary N) is 1. The molecule has 0 radical (unpaired) electrons. The van der Waals surface area contributed by atoms with Gasteiger partial charge in [0, 0.05) is 6.54 Å². The van der Waals surface area contributed by atoms with Crippen molar-refractivity contribution in [2.24, 2.45) is 5.73 Å². The van der Waals surface area contributed by atoms with Crippen LogP contribution in [0.3, 0.4) is 0 Å². The predicted octanol–water partition coefficient (Wildman–Crippen LogP) is -1.86. The Morgan fingerprint density at radius 1 is 1.42 bits per heavy atom. The van der Waals surface area contributed by atoms with Crippen LogP contribution in [-0.4, -0.2) is 39.6 Å². The summed E-state index contributed by atoms with van der Waals surface area (Å²) in [5.74, 6) is 0. The number of hydrogen-bond donors (Lipinski definition) is 2. The van der Waals surface area contributed by atoms with Gasteiger partial charge in [0.15, 0.2) is 0 Å². The van der Waals surface area contributed by atoms with Gasteiger partial charge in [-0.3, -0.25) is 4.55 Å². The highest BCUT2D eigenvalue weighted by Crippen LogP contribution is 2.02. The van der Waals surface area contributed by atoms with E-state index in [0.717, 1.165) is 0 Å². The van der Waals surface area contributed by atoms with Crippen LogP contribution in [0, 0.1) is 0 Å². The van der Waals surface area contributed by atoms with Crippen molar-refractivity contribution in [3.05, 3.63) is 0 Å². The van der Waals surface area contributed by atoms with E-state index in [1.165, 1.54) is 0 Å². The number of rotatable bonds is 4. The minimum Gasteiger partial charge on any atom is -0.327 e. The summed E-state index contributed by atoms with van der Waals surface area (Å²) in [6.07, 6.45) is 0.654. The summed E-state index contributed by atoms with van der Waals surface area (Å²) in [5, 5.41) is 0. The summed E-state index contributed by atoms with van der Waals surface area (Å²) in [6.45, 7) is -0.633. The Kier molecular flexibility index (Phi) is 3.59. The van der Waals surface area contributed by atoms with E-state index in [0.29, 0.717) is 6.26 Å². The van der Waals surface area contributed by atoms with Gasteiger partial charge in [-0.15, -0.1) is 0 Å². The van der Waals surface area contributed by atoms with E-state index in [4.69, 9.17) is 10.3 Å². The van der Waals surface area contributed by atoms with E-state index in [1.807, 2.05) is 0 Å². The Balaban J connectivity index is 4.64. The van der Waals surface area contributed by atoms with Crippen LogP contribution in [0.2, 0.25) is 0 Å². The van der Waals surface area contributed by atoms with Crippen molar-refractivity contribution >= 4 is 20.2 Å². The van der Waals surface area contributed by atoms with Gasteiger partial charge in [0.2, 0.25) is 5.44 Å². The van der Waals surface area contributed by atoms with Crippen LogP contribution in [0.1, 0.15) is 0 Å². The topological polar surface area (TPSA) is 124 Å². The SMILES string of the molecule is CS(=O)(=O)OC(CN)S(=O)(=O)O. The molecule has 0 saturated carbocycles. The second-order valence-electron chi connectivity index (χ2n) is 1.98. The molecule has 3 N–H and O–H groups in total. The zero-order valence-electron chi connectivity index (χ0n) is 6.17. The molecule has 0 heterocycles. The van der Waals surface area contributed by atoms with E-state index in [1.54, 1.807) is 0 Å². The maximum atomic E-state index is 10.4. The highest BCUT2D eigenvalue weighted by atomic mass is 32.2. The Morgan fingerprint density at radius 2 is 1.83 bits per heavy atom. The molecule has 0 fully saturated rings. The Hall–Kier alpha value is -0.220. The molecule has 0 aromatic heterocycles. The van der Waals surface area contributed by atoms with Crippen LogP contribution in [0.15, 0.2) is 0 Å². The molecule has 74 valence electrons. The molecule has 0 rings (SSSR count). The molecule has 0 saturated heterocycles. The first-order valence-electron chi connectivity index (χ1n) is 2.71. The molecule has 0 aliphatic heterocycles. The lowest BCUT2D eigenvalue weighted by Crippen LogP contribution is -2.33. The average molecular weight is 219 g/mol. The molecule has 12 heavy (non-hydrogen) atoms. The molecule has 0 aliphatic rings. The second-order valence-corrected chi connectivity index (χ2v) is 5.14. The summed E-state index contributed by atoms with van der Waals surface area (Å²) in [7, 11) is -8.51. The van der Waals surface area contributed by atoms with E-state index >= 15 is 0 Å². The Labute approximate surface area is 70.4 Å². The van der Waals surface area contributed by atoms with Gasteiger partial charge in [0.05, 0.1) is 6.26 Å². The van der Waals surface area contributed by atoms with Crippen LogP contribution in [0.5, 0.6) is 0 Å². The van der Waals surface area contributed by atoms with Crippen molar-refractivity contribution in [2.45, 2.75) is 5.44 Å². The van der Waals surface area contributed by atoms with E-state index < -0.39 is 32.2 Å². The van der Waals surface area contributed by atoms with Gasteiger partial charge in [0.1, 0.15) is 0 Å². The molecule has 0 aliphatic carbocycles. The maximum Gasteiger partial charge on any atom is 0.295 e. The molecule has 9 heteroatoms. The van der Waals surface area contributed by atoms with Gasteiger partial charge in [-0.1, -0.05) is 0 Å². The highest BCUT2D eigenvalue weighted by Gasteiger charge is 2.26. The number of hydrogen-bond acceptors (Lipinski definition) is 6. The first kappa shape index (κ1) is 11.8. The van der Waals surface area contributed by atoms with Gasteiger partial charge in [-0.05, 0) is 0 Å². The van der Waals surface area contributed by atoms with Crippen LogP contribution < -0.4 is 5.73 Å². The van der Waals surface area contributed by atoms with Crippen molar-refractivity contribution in [1.82, 2.24) is 0 Å². The summed E-state index contributed by atoms with van der Waals surface area (Å²) < 4.78 is 53.7. The molecule has 0 amide bonds. The van der Waals surface area contributed by atoms with Crippen molar-refractivity contribution in [3.8, 4) is 0 Å². The lowest BCUT2D eigenvalue weighted by atomic mass is 10.7.